The van der Waals surface area contributed by atoms with Crippen molar-refractivity contribution in [1.82, 2.24) is 9.38 Å². The van der Waals surface area contributed by atoms with Gasteiger partial charge in [-0.25, -0.2) is 0 Å². The van der Waals surface area contributed by atoms with Crippen LogP contribution in [0.1, 0.15) is 32.3 Å². The maximum absolute atomic E-state index is 10.1. The van der Waals surface area contributed by atoms with Crippen LogP contribution in [0.3, 0.4) is 0 Å². The van der Waals surface area contributed by atoms with E-state index in [0.717, 1.165) is 34.5 Å². The van der Waals surface area contributed by atoms with Crippen LogP contribution in [-0.2, 0) is 0 Å². The molecule has 1 N–H and O–H groups in total. The predicted molar refractivity (Wildman–Crippen MR) is 99.5 cm³/mol. The second-order valence-corrected chi connectivity index (χ2v) is 8.91. The van der Waals surface area contributed by atoms with Crippen molar-refractivity contribution in [2.45, 2.75) is 41.9 Å². The molecule has 3 heterocycles. The van der Waals surface area contributed by atoms with Gasteiger partial charge in [-0.15, -0.1) is 11.8 Å². The zero-order chi connectivity index (χ0) is 17.7. The largest absolute Gasteiger partial charge is 0.390 e. The molecule has 4 nitrogen and oxygen atoms in total. The molecule has 5 heteroatoms. The number of aromatic nitrogens is 2. The second-order valence-electron chi connectivity index (χ2n) is 7.28. The van der Waals surface area contributed by atoms with E-state index in [1.807, 2.05) is 60.2 Å². The highest BCUT2D eigenvalue weighted by molar-refractivity contribution is 8.00. The molecule has 0 atom stereocenters. The summed E-state index contributed by atoms with van der Waals surface area (Å²) in [4.78, 5) is 5.46. The third kappa shape index (κ3) is 2.82. The summed E-state index contributed by atoms with van der Waals surface area (Å²) in [6, 6.07) is 12.0. The van der Waals surface area contributed by atoms with Crippen molar-refractivity contribution in [3.63, 3.8) is 0 Å². The number of thioether (sulfide) groups is 1. The molecule has 4 rings (SSSR count). The van der Waals surface area contributed by atoms with Crippen LogP contribution in [0.5, 0.6) is 0 Å². The average molecular weight is 349 g/mol. The smallest absolute Gasteiger partial charge is 0.101 e. The number of nitriles is 1. The van der Waals surface area contributed by atoms with E-state index in [-0.39, 0.29) is 4.75 Å². The Morgan fingerprint density at radius 1 is 1.24 bits per heavy atom. The third-order valence-electron chi connectivity index (χ3n) is 4.74. The van der Waals surface area contributed by atoms with E-state index in [1.165, 1.54) is 0 Å². The lowest BCUT2D eigenvalue weighted by atomic mass is 9.72. The second kappa shape index (κ2) is 5.62. The molecule has 0 aliphatic heterocycles. The van der Waals surface area contributed by atoms with Crippen LogP contribution in [-0.4, -0.2) is 24.8 Å². The van der Waals surface area contributed by atoms with Crippen LogP contribution in [0.15, 0.2) is 53.8 Å². The van der Waals surface area contributed by atoms with Gasteiger partial charge in [-0.2, -0.15) is 5.26 Å². The van der Waals surface area contributed by atoms with Crippen molar-refractivity contribution in [2.75, 3.05) is 0 Å². The molecule has 0 unspecified atom stereocenters. The van der Waals surface area contributed by atoms with Crippen LogP contribution < -0.4 is 0 Å². The molecule has 3 aromatic heterocycles. The minimum absolute atomic E-state index is 0.0298. The fourth-order valence-electron chi connectivity index (χ4n) is 4.01. The molecule has 1 fully saturated rings. The van der Waals surface area contributed by atoms with E-state index < -0.39 is 5.60 Å². The molecule has 0 saturated heterocycles. The van der Waals surface area contributed by atoms with Crippen molar-refractivity contribution >= 4 is 17.3 Å². The van der Waals surface area contributed by atoms with Crippen LogP contribution in [0.2, 0.25) is 0 Å². The summed E-state index contributed by atoms with van der Waals surface area (Å²) in [5, 5.41) is 19.4. The Balaban J connectivity index is 1.78. The van der Waals surface area contributed by atoms with E-state index >= 15 is 0 Å². The number of nitrogens with zero attached hydrogens (tertiary/aromatic N) is 3. The zero-order valence-corrected chi connectivity index (χ0v) is 15.0. The minimum atomic E-state index is -0.558. The molecule has 126 valence electrons. The van der Waals surface area contributed by atoms with E-state index in [0.29, 0.717) is 5.56 Å². The van der Waals surface area contributed by atoms with Gasteiger partial charge in [-0.3, -0.25) is 4.98 Å². The van der Waals surface area contributed by atoms with Crippen LogP contribution in [0, 0.1) is 11.3 Å². The highest BCUT2D eigenvalue weighted by Gasteiger charge is 2.48. The number of pyridine rings is 2. The van der Waals surface area contributed by atoms with Gasteiger partial charge >= 0.3 is 0 Å². The Hall–Kier alpha value is -2.29. The molecule has 3 aromatic rings. The first-order chi connectivity index (χ1) is 11.9. The summed E-state index contributed by atoms with van der Waals surface area (Å²) in [6.07, 6.45) is 7.21. The summed E-state index contributed by atoms with van der Waals surface area (Å²) in [5.74, 6) is 0. The predicted octanol–water partition coefficient (Wildman–Crippen LogP) is 4.27. The van der Waals surface area contributed by atoms with Gasteiger partial charge in [0.1, 0.15) is 6.07 Å². The molecule has 1 aliphatic rings. The minimum Gasteiger partial charge on any atom is -0.390 e. The molecule has 0 bridgehead atoms. The highest BCUT2D eigenvalue weighted by Crippen LogP contribution is 2.53. The maximum atomic E-state index is 10.1. The normalized spacial score (nSPS) is 25.5. The Morgan fingerprint density at radius 2 is 2.04 bits per heavy atom. The monoisotopic (exact) mass is 349 g/mol. The lowest BCUT2D eigenvalue weighted by Crippen LogP contribution is -2.50. The Labute approximate surface area is 151 Å². The van der Waals surface area contributed by atoms with E-state index in [4.69, 9.17) is 0 Å². The first kappa shape index (κ1) is 16.2. The topological polar surface area (TPSA) is 61.3 Å². The van der Waals surface area contributed by atoms with Crippen LogP contribution in [0.4, 0.5) is 0 Å². The zero-order valence-electron chi connectivity index (χ0n) is 14.2. The van der Waals surface area contributed by atoms with E-state index in [2.05, 4.69) is 18.0 Å². The van der Waals surface area contributed by atoms with Gasteiger partial charge in [-0.05, 0) is 57.0 Å². The molecular weight excluding hydrogens is 330 g/mol. The Bertz CT molecular complexity index is 992. The molecule has 1 saturated carbocycles. The van der Waals surface area contributed by atoms with Crippen LogP contribution in [0.25, 0.3) is 16.8 Å². The van der Waals surface area contributed by atoms with Gasteiger partial charge in [0.25, 0.3) is 0 Å². The quantitative estimate of drug-likeness (QED) is 0.767. The van der Waals surface area contributed by atoms with Crippen molar-refractivity contribution in [3.8, 4) is 17.3 Å². The highest BCUT2D eigenvalue weighted by atomic mass is 32.2. The number of hydrogen-bond acceptors (Lipinski definition) is 4. The average Bonchev–Trinajstić information content (AvgIpc) is 3.02. The third-order valence-corrected chi connectivity index (χ3v) is 6.09. The SMILES string of the molecule is CC1(O)CC(C)(Sc2ccncc2-c2ccc(C#N)c3cccn23)C1. The standard InChI is InChI=1S/C20H19N3OS/c1-19(24)12-20(2,13-19)25-18-7-8-22-11-15(18)17-6-5-14(10-21)16-4-3-9-23(16)17/h3-9,11,24H,12-13H2,1-2H3. The van der Waals surface area contributed by atoms with Crippen molar-refractivity contribution in [2.24, 2.45) is 0 Å². The van der Waals surface area contributed by atoms with Gasteiger partial charge in [0.05, 0.1) is 22.4 Å². The van der Waals surface area contributed by atoms with Gasteiger partial charge in [0.2, 0.25) is 0 Å². The Morgan fingerprint density at radius 3 is 2.76 bits per heavy atom. The van der Waals surface area contributed by atoms with Crippen molar-refractivity contribution in [3.05, 3.63) is 54.5 Å². The number of aliphatic hydroxyl groups is 1. The summed E-state index contributed by atoms with van der Waals surface area (Å²) in [5.41, 5.74) is 3.07. The van der Waals surface area contributed by atoms with Gasteiger partial charge in [0.15, 0.2) is 0 Å². The molecule has 0 aromatic carbocycles. The molecule has 0 spiro atoms. The van der Waals surface area contributed by atoms with Gasteiger partial charge in [-0.1, -0.05) is 0 Å². The molecule has 25 heavy (non-hydrogen) atoms. The maximum Gasteiger partial charge on any atom is 0.101 e. The van der Waals surface area contributed by atoms with Crippen LogP contribution >= 0.6 is 11.8 Å². The van der Waals surface area contributed by atoms with E-state index in [1.54, 1.807) is 11.8 Å². The lowest BCUT2D eigenvalue weighted by Gasteiger charge is -2.49. The van der Waals surface area contributed by atoms with Crippen molar-refractivity contribution in [1.29, 1.82) is 5.26 Å². The fourth-order valence-corrected chi connectivity index (χ4v) is 5.71. The summed E-state index contributed by atoms with van der Waals surface area (Å²) < 4.78 is 2.07. The number of fused-ring (bicyclic) bond motifs is 1. The number of hydrogen-bond donors (Lipinski definition) is 1. The Kier molecular flexibility index (Phi) is 3.64. The van der Waals surface area contributed by atoms with Crippen molar-refractivity contribution < 1.29 is 5.11 Å². The fraction of sp³-hybridized carbons (Fsp3) is 0.300. The first-order valence-corrected chi connectivity index (χ1v) is 9.08. The van der Waals surface area contributed by atoms with E-state index in [9.17, 15) is 10.4 Å². The summed E-state index contributed by atoms with van der Waals surface area (Å²) in [6.45, 7) is 4.09. The lowest BCUT2D eigenvalue weighted by molar-refractivity contribution is -0.0362. The summed E-state index contributed by atoms with van der Waals surface area (Å²) in [7, 11) is 0. The molecular formula is C20H19N3OS. The molecule has 1 aliphatic carbocycles. The molecule has 0 amide bonds. The first-order valence-electron chi connectivity index (χ1n) is 8.27. The molecule has 0 radical (unpaired) electrons. The van der Waals surface area contributed by atoms with Gasteiger partial charge < -0.3 is 9.51 Å². The van der Waals surface area contributed by atoms with Gasteiger partial charge in [0, 0.05) is 33.8 Å². The number of rotatable bonds is 3. The summed E-state index contributed by atoms with van der Waals surface area (Å²) >= 11 is 1.80.